The van der Waals surface area contributed by atoms with Crippen LogP contribution < -0.4 is 11.1 Å². The van der Waals surface area contributed by atoms with Crippen LogP contribution in [0.15, 0.2) is 12.3 Å². The number of nitrogens with two attached hydrogens (primary N) is 1. The maximum atomic E-state index is 14.1. The van der Waals surface area contributed by atoms with E-state index in [1.807, 2.05) is 0 Å². The maximum absolute atomic E-state index is 14.1. The van der Waals surface area contributed by atoms with E-state index in [9.17, 15) is 19.4 Å². The van der Waals surface area contributed by atoms with Crippen LogP contribution >= 0.6 is 0 Å². The van der Waals surface area contributed by atoms with E-state index < -0.39 is 23.8 Å². The third-order valence-electron chi connectivity index (χ3n) is 3.81. The molecule has 1 saturated heterocycles. The van der Waals surface area contributed by atoms with Crippen LogP contribution in [0.1, 0.15) is 29.9 Å². The van der Waals surface area contributed by atoms with Gasteiger partial charge in [0.2, 0.25) is 0 Å². The zero-order valence-electron chi connectivity index (χ0n) is 13.1. The Kier molecular flexibility index (Phi) is 5.18. The second kappa shape index (κ2) is 6.77. The van der Waals surface area contributed by atoms with E-state index in [0.717, 1.165) is 0 Å². The molecule has 7 nitrogen and oxygen atoms in total. The molecule has 1 amide bonds. The molecule has 1 aliphatic rings. The molecule has 0 unspecified atom stereocenters. The summed E-state index contributed by atoms with van der Waals surface area (Å²) in [5.74, 6) is -0.757. The minimum atomic E-state index is -1.61. The van der Waals surface area contributed by atoms with Gasteiger partial charge in [-0.05, 0) is 19.9 Å². The standard InChI is InChI=1S/C15H22FN3O4/c1-15(2,22)12(16)5-9-13(14(17)21)8(3-4-18-9)19-10-6-23-7-11(10)20/h3-4,10-12,20,22H,5-7H2,1-2H3,(H2,17,21)(H,18,19)/t10-,11-,12-/m1/s1. The van der Waals surface area contributed by atoms with Crippen molar-refractivity contribution < 1.29 is 24.1 Å². The third-order valence-corrected chi connectivity index (χ3v) is 3.81. The van der Waals surface area contributed by atoms with Crippen LogP contribution in [-0.2, 0) is 11.2 Å². The highest BCUT2D eigenvalue weighted by Crippen LogP contribution is 2.24. The first-order valence-electron chi connectivity index (χ1n) is 7.36. The lowest BCUT2D eigenvalue weighted by Crippen LogP contribution is -2.36. The molecule has 23 heavy (non-hydrogen) atoms. The number of hydrogen-bond acceptors (Lipinski definition) is 6. The number of nitrogens with zero attached hydrogens (tertiary/aromatic N) is 1. The molecule has 0 aromatic carbocycles. The summed E-state index contributed by atoms with van der Waals surface area (Å²) in [5, 5.41) is 22.5. The number of aliphatic hydroxyl groups is 2. The Bertz CT molecular complexity index is 554. The molecule has 0 aliphatic carbocycles. The molecule has 0 spiro atoms. The summed E-state index contributed by atoms with van der Waals surface area (Å²) in [6.07, 6.45) is -1.15. The second-order valence-corrected chi connectivity index (χ2v) is 6.23. The predicted molar refractivity (Wildman–Crippen MR) is 81.9 cm³/mol. The Balaban J connectivity index is 2.29. The summed E-state index contributed by atoms with van der Waals surface area (Å²) in [6.45, 7) is 3.17. The van der Waals surface area contributed by atoms with Gasteiger partial charge < -0.3 is 26.0 Å². The number of rotatable bonds is 6. The number of hydrogen-bond donors (Lipinski definition) is 4. The van der Waals surface area contributed by atoms with Crippen molar-refractivity contribution in [1.82, 2.24) is 4.98 Å². The van der Waals surface area contributed by atoms with Crippen molar-refractivity contribution in [1.29, 1.82) is 0 Å². The summed E-state index contributed by atoms with van der Waals surface area (Å²) >= 11 is 0. The van der Waals surface area contributed by atoms with Gasteiger partial charge in [0.25, 0.3) is 5.91 Å². The topological polar surface area (TPSA) is 118 Å². The summed E-state index contributed by atoms with van der Waals surface area (Å²) in [5.41, 5.74) is 4.42. The largest absolute Gasteiger partial charge is 0.388 e. The zero-order chi connectivity index (χ0) is 17.2. The fraction of sp³-hybridized carbons (Fsp3) is 0.600. The number of aliphatic hydroxyl groups excluding tert-OH is 1. The number of nitrogens with one attached hydrogen (secondary N) is 1. The molecule has 0 radical (unpaired) electrons. The van der Waals surface area contributed by atoms with Crippen molar-refractivity contribution in [3.63, 3.8) is 0 Å². The number of anilines is 1. The average Bonchev–Trinajstić information content (AvgIpc) is 2.83. The van der Waals surface area contributed by atoms with Crippen LogP contribution in [0.3, 0.4) is 0 Å². The zero-order valence-corrected chi connectivity index (χ0v) is 13.1. The van der Waals surface area contributed by atoms with Crippen LogP contribution in [0, 0.1) is 0 Å². The molecular weight excluding hydrogens is 305 g/mol. The van der Waals surface area contributed by atoms with Crippen molar-refractivity contribution in [2.75, 3.05) is 18.5 Å². The van der Waals surface area contributed by atoms with E-state index in [2.05, 4.69) is 10.3 Å². The average molecular weight is 327 g/mol. The quantitative estimate of drug-likeness (QED) is 0.584. The molecule has 1 fully saturated rings. The van der Waals surface area contributed by atoms with Crippen LogP contribution in [0.4, 0.5) is 10.1 Å². The molecule has 0 bridgehead atoms. The highest BCUT2D eigenvalue weighted by molar-refractivity contribution is 5.99. The monoisotopic (exact) mass is 327 g/mol. The van der Waals surface area contributed by atoms with E-state index in [1.54, 1.807) is 0 Å². The number of alkyl halides is 1. The van der Waals surface area contributed by atoms with Gasteiger partial charge in [-0.2, -0.15) is 0 Å². The van der Waals surface area contributed by atoms with Crippen LogP contribution in [0.2, 0.25) is 0 Å². The third kappa shape index (κ3) is 4.15. The van der Waals surface area contributed by atoms with Gasteiger partial charge in [-0.25, -0.2) is 4.39 Å². The normalized spacial score (nSPS) is 22.8. The highest BCUT2D eigenvalue weighted by atomic mass is 19.1. The van der Waals surface area contributed by atoms with E-state index in [0.29, 0.717) is 5.69 Å². The Morgan fingerprint density at radius 2 is 2.30 bits per heavy atom. The Hall–Kier alpha value is -1.77. The van der Waals surface area contributed by atoms with Crippen LogP contribution in [0.5, 0.6) is 0 Å². The molecule has 8 heteroatoms. The molecule has 0 saturated carbocycles. The summed E-state index contributed by atoms with van der Waals surface area (Å²) in [7, 11) is 0. The lowest BCUT2D eigenvalue weighted by molar-refractivity contribution is -0.00307. The summed E-state index contributed by atoms with van der Waals surface area (Å²) in [6, 6.07) is 1.14. The number of primary amides is 1. The SMILES string of the molecule is CC(C)(O)[C@H](F)Cc1nccc(N[C@@H]2COC[C@H]2O)c1C(N)=O. The van der Waals surface area contributed by atoms with Gasteiger partial charge in [0, 0.05) is 12.6 Å². The first-order valence-corrected chi connectivity index (χ1v) is 7.36. The van der Waals surface area contributed by atoms with Crippen molar-refractivity contribution >= 4 is 11.6 Å². The molecule has 5 N–H and O–H groups in total. The first kappa shape index (κ1) is 17.6. The fourth-order valence-corrected chi connectivity index (χ4v) is 2.36. The van der Waals surface area contributed by atoms with E-state index in [1.165, 1.54) is 26.1 Å². The highest BCUT2D eigenvalue weighted by Gasteiger charge is 2.31. The van der Waals surface area contributed by atoms with Crippen LogP contribution in [0.25, 0.3) is 0 Å². The van der Waals surface area contributed by atoms with Gasteiger partial charge in [-0.3, -0.25) is 9.78 Å². The van der Waals surface area contributed by atoms with Crippen molar-refractivity contribution in [2.45, 2.75) is 44.2 Å². The van der Waals surface area contributed by atoms with Crippen molar-refractivity contribution in [2.24, 2.45) is 5.73 Å². The Morgan fingerprint density at radius 3 is 2.83 bits per heavy atom. The van der Waals surface area contributed by atoms with Gasteiger partial charge in [-0.1, -0.05) is 0 Å². The van der Waals surface area contributed by atoms with Crippen molar-refractivity contribution in [3.8, 4) is 0 Å². The van der Waals surface area contributed by atoms with E-state index >= 15 is 0 Å². The number of carbonyl (C=O) groups is 1. The van der Waals surface area contributed by atoms with Gasteiger partial charge >= 0.3 is 0 Å². The molecule has 2 heterocycles. The molecule has 1 aliphatic heterocycles. The van der Waals surface area contributed by atoms with Gasteiger partial charge in [0.05, 0.1) is 47.9 Å². The molecular formula is C15H22FN3O4. The minimum absolute atomic E-state index is 0.0542. The molecule has 3 atom stereocenters. The molecule has 1 aromatic heterocycles. The van der Waals surface area contributed by atoms with Gasteiger partial charge in [0.1, 0.15) is 6.17 Å². The summed E-state index contributed by atoms with van der Waals surface area (Å²) in [4.78, 5) is 15.8. The molecule has 1 aromatic rings. The number of pyridine rings is 1. The predicted octanol–water partition coefficient (Wildman–Crippen LogP) is 0.00360. The smallest absolute Gasteiger partial charge is 0.252 e. The molecule has 2 rings (SSSR count). The number of halogens is 1. The lowest BCUT2D eigenvalue weighted by Gasteiger charge is -2.24. The van der Waals surface area contributed by atoms with E-state index in [4.69, 9.17) is 10.5 Å². The number of carbonyl (C=O) groups excluding carboxylic acids is 1. The minimum Gasteiger partial charge on any atom is -0.388 e. The van der Waals surface area contributed by atoms with Crippen molar-refractivity contribution in [3.05, 3.63) is 23.5 Å². The second-order valence-electron chi connectivity index (χ2n) is 6.23. The Morgan fingerprint density at radius 1 is 1.61 bits per heavy atom. The maximum Gasteiger partial charge on any atom is 0.252 e. The summed E-state index contributed by atoms with van der Waals surface area (Å²) < 4.78 is 19.3. The van der Waals surface area contributed by atoms with Crippen LogP contribution in [-0.4, -0.2) is 58.2 Å². The number of amides is 1. The number of ether oxygens (including phenoxy) is 1. The fourth-order valence-electron chi connectivity index (χ4n) is 2.36. The Labute approximate surface area is 133 Å². The van der Waals surface area contributed by atoms with E-state index in [-0.39, 0.29) is 36.9 Å². The lowest BCUT2D eigenvalue weighted by atomic mass is 9.96. The van der Waals surface area contributed by atoms with Gasteiger partial charge in [-0.15, -0.1) is 0 Å². The molecule has 128 valence electrons. The van der Waals surface area contributed by atoms with Gasteiger partial charge in [0.15, 0.2) is 0 Å². The number of aromatic nitrogens is 1. The first-order chi connectivity index (χ1) is 10.7.